The molecule has 0 spiro atoms. The minimum atomic E-state index is -2.54. The fraction of sp³-hybridized carbons (Fsp3) is 0. The molecule has 0 saturated carbocycles. The SMILES string of the molecule is Fc1c(F)c(F)[c]([Ni][c]2c(F)c(F)c(F)c(F)c2F)c(F)c1F.c1ccccc1. The van der Waals surface area contributed by atoms with Crippen molar-refractivity contribution in [1.82, 2.24) is 0 Å². The summed E-state index contributed by atoms with van der Waals surface area (Å²) in [7, 11) is 0. The quantitative estimate of drug-likeness (QED) is 0.218. The smallest absolute Gasteiger partial charge is 0.0623 e. The molecule has 0 heterocycles. The summed E-state index contributed by atoms with van der Waals surface area (Å²) >= 11 is -1.05. The molecule has 0 nitrogen and oxygen atoms in total. The van der Waals surface area contributed by atoms with Gasteiger partial charge in [0.1, 0.15) is 0 Å². The first-order chi connectivity index (χ1) is 13.6. The molecule has 3 aromatic rings. The van der Waals surface area contributed by atoms with Crippen LogP contribution >= 0.6 is 0 Å². The fourth-order valence-corrected chi connectivity index (χ4v) is 2.85. The molecule has 0 N–H and O–H groups in total. The van der Waals surface area contributed by atoms with Crippen LogP contribution in [-0.2, 0) is 14.4 Å². The van der Waals surface area contributed by atoms with Gasteiger partial charge < -0.3 is 0 Å². The molecule has 0 atom stereocenters. The molecule has 3 rings (SSSR count). The van der Waals surface area contributed by atoms with Gasteiger partial charge >= 0.3 is 126 Å². The van der Waals surface area contributed by atoms with Gasteiger partial charge in [0.15, 0.2) is 0 Å². The van der Waals surface area contributed by atoms with Gasteiger partial charge in [-0.1, -0.05) is 36.4 Å². The molecule has 0 bridgehead atoms. The molecule has 11 heteroatoms. The van der Waals surface area contributed by atoms with Gasteiger partial charge in [0.25, 0.3) is 0 Å². The maximum atomic E-state index is 13.4. The van der Waals surface area contributed by atoms with Gasteiger partial charge in [-0.15, -0.1) is 0 Å². The number of benzene rings is 3. The summed E-state index contributed by atoms with van der Waals surface area (Å²) in [5, 5.41) is 0. The van der Waals surface area contributed by atoms with Crippen LogP contribution in [0.2, 0.25) is 0 Å². The monoisotopic (exact) mass is 470 g/mol. The third-order valence-electron chi connectivity index (χ3n) is 3.08. The molecular formula is C18H6F10Ni. The van der Waals surface area contributed by atoms with E-state index >= 15 is 0 Å². The van der Waals surface area contributed by atoms with Crippen LogP contribution in [0.15, 0.2) is 36.4 Å². The maximum Gasteiger partial charge on any atom is -0.0623 e. The predicted molar refractivity (Wildman–Crippen MR) is 78.2 cm³/mol. The summed E-state index contributed by atoms with van der Waals surface area (Å²) in [5.74, 6) is -24.7. The summed E-state index contributed by atoms with van der Waals surface area (Å²) in [6.07, 6.45) is 0. The van der Waals surface area contributed by atoms with E-state index in [4.69, 9.17) is 0 Å². The summed E-state index contributed by atoms with van der Waals surface area (Å²) < 4.78 is 127. The molecule has 29 heavy (non-hydrogen) atoms. The Morgan fingerprint density at radius 3 is 0.690 bits per heavy atom. The largest absolute Gasteiger partial charge is 0.0623 e. The normalized spacial score (nSPS) is 10.7. The zero-order valence-electron chi connectivity index (χ0n) is 13.6. The molecule has 158 valence electrons. The van der Waals surface area contributed by atoms with E-state index in [-0.39, 0.29) is 0 Å². The van der Waals surface area contributed by atoms with Crippen LogP contribution in [0.3, 0.4) is 0 Å². The Kier molecular flexibility index (Phi) is 7.29. The third-order valence-corrected chi connectivity index (χ3v) is 4.44. The number of hydrogen-bond donors (Lipinski definition) is 0. The first-order valence-electron chi connectivity index (χ1n) is 7.21. The molecule has 3 aromatic carbocycles. The van der Waals surface area contributed by atoms with Crippen molar-refractivity contribution in [2.24, 2.45) is 0 Å². The Balaban J connectivity index is 0.000000426. The minimum absolute atomic E-state index is 1.05. The third kappa shape index (κ3) is 4.55. The Hall–Kier alpha value is -2.55. The molecule has 0 unspecified atom stereocenters. The van der Waals surface area contributed by atoms with Crippen LogP contribution in [0.1, 0.15) is 0 Å². The Labute approximate surface area is 162 Å². The first-order valence-corrected chi connectivity index (χ1v) is 8.19. The molecule has 0 aliphatic rings. The van der Waals surface area contributed by atoms with Crippen LogP contribution in [0, 0.1) is 58.2 Å². The van der Waals surface area contributed by atoms with E-state index in [1.54, 1.807) is 0 Å². The first kappa shape index (κ1) is 22.7. The molecule has 0 amide bonds. The van der Waals surface area contributed by atoms with E-state index in [1.165, 1.54) is 0 Å². The van der Waals surface area contributed by atoms with E-state index in [2.05, 4.69) is 0 Å². The summed E-state index contributed by atoms with van der Waals surface area (Å²) in [5.41, 5.74) is 0. The predicted octanol–water partition coefficient (Wildman–Crippen LogP) is 4.80. The van der Waals surface area contributed by atoms with Gasteiger partial charge in [-0.3, -0.25) is 0 Å². The minimum Gasteiger partial charge on any atom is -0.0623 e. The second-order valence-electron chi connectivity index (χ2n) is 4.94. The van der Waals surface area contributed by atoms with E-state index in [0.29, 0.717) is 0 Å². The van der Waals surface area contributed by atoms with Crippen molar-refractivity contribution in [3.63, 3.8) is 0 Å². The number of rotatable bonds is 2. The molecule has 0 aliphatic carbocycles. The van der Waals surface area contributed by atoms with Crippen molar-refractivity contribution in [3.8, 4) is 0 Å². The summed E-state index contributed by atoms with van der Waals surface area (Å²) in [6.45, 7) is 0. The van der Waals surface area contributed by atoms with E-state index in [1.807, 2.05) is 36.4 Å². The average Bonchev–Trinajstić information content (AvgIpc) is 2.74. The van der Waals surface area contributed by atoms with Crippen molar-refractivity contribution in [2.45, 2.75) is 0 Å². The molecule has 0 radical (unpaired) electrons. The van der Waals surface area contributed by atoms with Gasteiger partial charge in [-0.05, 0) is 0 Å². The van der Waals surface area contributed by atoms with Crippen molar-refractivity contribution in [1.29, 1.82) is 0 Å². The van der Waals surface area contributed by atoms with Gasteiger partial charge in [0.05, 0.1) is 0 Å². The van der Waals surface area contributed by atoms with Crippen LogP contribution in [0.25, 0.3) is 0 Å². The number of halogens is 10. The van der Waals surface area contributed by atoms with E-state index in [0.717, 1.165) is 0 Å². The van der Waals surface area contributed by atoms with Crippen LogP contribution in [-0.4, -0.2) is 0 Å². The summed E-state index contributed by atoms with van der Waals surface area (Å²) in [6, 6.07) is 12.0. The van der Waals surface area contributed by atoms with E-state index in [9.17, 15) is 43.9 Å². The van der Waals surface area contributed by atoms with Crippen LogP contribution in [0.5, 0.6) is 0 Å². The maximum absolute atomic E-state index is 13.4. The molecule has 0 aromatic heterocycles. The van der Waals surface area contributed by atoms with Gasteiger partial charge in [-0.25, -0.2) is 0 Å². The van der Waals surface area contributed by atoms with Crippen molar-refractivity contribution < 1.29 is 58.3 Å². The number of hydrogen-bond acceptors (Lipinski definition) is 0. The van der Waals surface area contributed by atoms with Crippen molar-refractivity contribution in [3.05, 3.63) is 94.6 Å². The van der Waals surface area contributed by atoms with Crippen LogP contribution < -0.4 is 9.07 Å². The Morgan fingerprint density at radius 2 is 0.483 bits per heavy atom. The zero-order chi connectivity index (χ0) is 21.9. The van der Waals surface area contributed by atoms with E-state index < -0.39 is 81.7 Å². The fourth-order valence-electron chi connectivity index (χ4n) is 1.73. The van der Waals surface area contributed by atoms with Gasteiger partial charge in [0.2, 0.25) is 0 Å². The molecule has 0 saturated heterocycles. The van der Waals surface area contributed by atoms with Crippen molar-refractivity contribution >= 4 is 9.07 Å². The second kappa shape index (κ2) is 9.30. The second-order valence-corrected chi connectivity index (χ2v) is 6.17. The Bertz CT molecular complexity index is 885. The average molecular weight is 471 g/mol. The summed E-state index contributed by atoms with van der Waals surface area (Å²) in [4.78, 5) is 0. The van der Waals surface area contributed by atoms with Gasteiger partial charge in [-0.2, -0.15) is 0 Å². The topological polar surface area (TPSA) is 0 Å². The standard InChI is InChI=1S/2C6F5.C6H6.Ni/c2*7-2-1-3(8)5(10)6(11)4(2)9;1-2-4-6-5-3-1;/h;;1-6H;. The van der Waals surface area contributed by atoms with Crippen LogP contribution in [0.4, 0.5) is 43.9 Å². The molecular weight excluding hydrogens is 465 g/mol. The van der Waals surface area contributed by atoms with Crippen molar-refractivity contribution in [2.75, 3.05) is 0 Å². The Morgan fingerprint density at radius 1 is 0.310 bits per heavy atom. The van der Waals surface area contributed by atoms with Gasteiger partial charge in [0, 0.05) is 0 Å². The zero-order valence-corrected chi connectivity index (χ0v) is 14.5. The molecule has 0 aliphatic heterocycles. The molecule has 0 fully saturated rings.